The first-order valence-corrected chi connectivity index (χ1v) is 7.58. The van der Waals surface area contributed by atoms with E-state index in [9.17, 15) is 0 Å². The molecule has 0 aromatic carbocycles. The molecule has 3 aromatic heterocycles. The van der Waals surface area contributed by atoms with Crippen LogP contribution in [0.4, 0.5) is 0 Å². The van der Waals surface area contributed by atoms with E-state index in [2.05, 4.69) is 36.0 Å². The molecule has 0 saturated carbocycles. The molecule has 1 unspecified atom stereocenters. The average Bonchev–Trinajstić information content (AvgIpc) is 3.19. The molecule has 0 radical (unpaired) electrons. The van der Waals surface area contributed by atoms with E-state index < -0.39 is 0 Å². The van der Waals surface area contributed by atoms with Gasteiger partial charge in [-0.3, -0.25) is 4.68 Å². The molecule has 1 atom stereocenters. The lowest BCUT2D eigenvalue weighted by Gasteiger charge is -2.15. The Morgan fingerprint density at radius 3 is 2.59 bits per heavy atom. The van der Waals surface area contributed by atoms with Gasteiger partial charge in [-0.05, 0) is 24.6 Å². The molecule has 114 valence electrons. The molecule has 3 heterocycles. The number of nitrogens with zero attached hydrogens (tertiary/aromatic N) is 6. The van der Waals surface area contributed by atoms with Crippen LogP contribution in [-0.4, -0.2) is 29.5 Å². The molecule has 0 spiro atoms. The van der Waals surface area contributed by atoms with Crippen molar-refractivity contribution in [2.75, 3.05) is 0 Å². The zero-order valence-electron chi connectivity index (χ0n) is 13.1. The van der Waals surface area contributed by atoms with Gasteiger partial charge in [0.25, 0.3) is 0 Å². The summed E-state index contributed by atoms with van der Waals surface area (Å²) >= 11 is 0. The largest absolute Gasteiger partial charge is 0.262 e. The molecule has 3 rings (SSSR count). The third-order valence-corrected chi connectivity index (χ3v) is 3.56. The SMILES string of the molecule is CCC(c1nc(C(C)C)nn1-c1ccccn1)n1cccn1. The first-order chi connectivity index (χ1) is 10.7. The molecule has 0 amide bonds. The third-order valence-electron chi connectivity index (χ3n) is 3.56. The number of hydrogen-bond donors (Lipinski definition) is 0. The van der Waals surface area contributed by atoms with E-state index in [1.807, 2.05) is 39.8 Å². The van der Waals surface area contributed by atoms with Crippen LogP contribution in [0, 0.1) is 0 Å². The molecule has 0 aliphatic carbocycles. The first kappa shape index (κ1) is 14.4. The van der Waals surface area contributed by atoms with Crippen molar-refractivity contribution in [2.24, 2.45) is 0 Å². The molecule has 0 N–H and O–H groups in total. The predicted molar refractivity (Wildman–Crippen MR) is 83.9 cm³/mol. The predicted octanol–water partition coefficient (Wildman–Crippen LogP) is 2.98. The van der Waals surface area contributed by atoms with Gasteiger partial charge in [-0.15, -0.1) is 5.10 Å². The Morgan fingerprint density at radius 2 is 2.00 bits per heavy atom. The highest BCUT2D eigenvalue weighted by atomic mass is 15.4. The Bertz CT molecular complexity index is 714. The average molecular weight is 296 g/mol. The fraction of sp³-hybridized carbons (Fsp3) is 0.375. The molecule has 6 nitrogen and oxygen atoms in total. The van der Waals surface area contributed by atoms with Gasteiger partial charge in [-0.25, -0.2) is 9.97 Å². The van der Waals surface area contributed by atoms with Gasteiger partial charge in [-0.2, -0.15) is 9.78 Å². The lowest BCUT2D eigenvalue weighted by molar-refractivity contribution is 0.473. The summed E-state index contributed by atoms with van der Waals surface area (Å²) in [6.45, 7) is 6.31. The van der Waals surface area contributed by atoms with Crippen LogP contribution in [0.3, 0.4) is 0 Å². The maximum absolute atomic E-state index is 4.76. The lowest BCUT2D eigenvalue weighted by Crippen LogP contribution is -2.16. The van der Waals surface area contributed by atoms with Crippen molar-refractivity contribution in [1.29, 1.82) is 0 Å². The number of hydrogen-bond acceptors (Lipinski definition) is 4. The van der Waals surface area contributed by atoms with Crippen molar-refractivity contribution in [1.82, 2.24) is 29.5 Å². The summed E-state index contributed by atoms with van der Waals surface area (Å²) in [5.74, 6) is 2.74. The highest BCUT2D eigenvalue weighted by Crippen LogP contribution is 2.23. The summed E-state index contributed by atoms with van der Waals surface area (Å²) in [6, 6.07) is 7.76. The van der Waals surface area contributed by atoms with Crippen molar-refractivity contribution in [3.05, 3.63) is 54.5 Å². The van der Waals surface area contributed by atoms with E-state index in [4.69, 9.17) is 4.98 Å². The Labute approximate surface area is 129 Å². The summed E-state index contributed by atoms with van der Waals surface area (Å²) in [6.07, 6.45) is 6.39. The fourth-order valence-electron chi connectivity index (χ4n) is 2.40. The van der Waals surface area contributed by atoms with Gasteiger partial charge < -0.3 is 0 Å². The van der Waals surface area contributed by atoms with Crippen LogP contribution in [0.15, 0.2) is 42.9 Å². The van der Waals surface area contributed by atoms with Crippen LogP contribution in [0.25, 0.3) is 5.82 Å². The summed E-state index contributed by atoms with van der Waals surface area (Å²) < 4.78 is 3.76. The van der Waals surface area contributed by atoms with E-state index >= 15 is 0 Å². The van der Waals surface area contributed by atoms with Crippen LogP contribution in [-0.2, 0) is 0 Å². The van der Waals surface area contributed by atoms with Gasteiger partial charge in [-0.1, -0.05) is 26.8 Å². The Hall–Kier alpha value is -2.50. The van der Waals surface area contributed by atoms with E-state index in [1.54, 1.807) is 12.4 Å². The highest BCUT2D eigenvalue weighted by Gasteiger charge is 2.23. The highest BCUT2D eigenvalue weighted by molar-refractivity contribution is 5.23. The van der Waals surface area contributed by atoms with Crippen LogP contribution in [0.5, 0.6) is 0 Å². The van der Waals surface area contributed by atoms with Crippen LogP contribution >= 0.6 is 0 Å². The third kappa shape index (κ3) is 2.64. The fourth-order valence-corrected chi connectivity index (χ4v) is 2.40. The topological polar surface area (TPSA) is 61.4 Å². The van der Waals surface area contributed by atoms with Gasteiger partial charge in [0.05, 0.1) is 0 Å². The van der Waals surface area contributed by atoms with Gasteiger partial charge in [0.15, 0.2) is 17.5 Å². The normalized spacial score (nSPS) is 12.7. The Morgan fingerprint density at radius 1 is 1.14 bits per heavy atom. The standard InChI is InChI=1S/C16H20N6/c1-4-13(21-11-7-10-18-21)16-19-15(12(2)3)20-22(16)14-8-5-6-9-17-14/h5-13H,4H2,1-3H3. The second-order valence-corrected chi connectivity index (χ2v) is 5.49. The minimum Gasteiger partial charge on any atom is -0.262 e. The molecule has 0 fully saturated rings. The van der Waals surface area contributed by atoms with Crippen LogP contribution in [0.1, 0.15) is 50.8 Å². The maximum atomic E-state index is 4.76. The monoisotopic (exact) mass is 296 g/mol. The van der Waals surface area contributed by atoms with Gasteiger partial charge in [0.1, 0.15) is 6.04 Å². The number of pyridine rings is 1. The van der Waals surface area contributed by atoms with Crippen LogP contribution in [0.2, 0.25) is 0 Å². The van der Waals surface area contributed by atoms with Crippen molar-refractivity contribution in [3.8, 4) is 5.82 Å². The lowest BCUT2D eigenvalue weighted by atomic mass is 10.2. The van der Waals surface area contributed by atoms with E-state index in [1.165, 1.54) is 0 Å². The second-order valence-electron chi connectivity index (χ2n) is 5.49. The van der Waals surface area contributed by atoms with Crippen molar-refractivity contribution < 1.29 is 0 Å². The van der Waals surface area contributed by atoms with Gasteiger partial charge >= 0.3 is 0 Å². The summed E-state index contributed by atoms with van der Waals surface area (Å²) in [5, 5.41) is 9.03. The molecule has 0 aliphatic rings. The van der Waals surface area contributed by atoms with E-state index in [-0.39, 0.29) is 12.0 Å². The summed E-state index contributed by atoms with van der Waals surface area (Å²) in [4.78, 5) is 9.18. The van der Waals surface area contributed by atoms with Crippen molar-refractivity contribution in [2.45, 2.75) is 39.2 Å². The van der Waals surface area contributed by atoms with Gasteiger partial charge in [0.2, 0.25) is 0 Å². The molecule has 0 saturated heterocycles. The molecule has 3 aromatic rings. The maximum Gasteiger partial charge on any atom is 0.159 e. The molecule has 0 bridgehead atoms. The van der Waals surface area contributed by atoms with Crippen LogP contribution < -0.4 is 0 Å². The van der Waals surface area contributed by atoms with Crippen molar-refractivity contribution >= 4 is 0 Å². The number of aromatic nitrogens is 6. The summed E-state index contributed by atoms with van der Waals surface area (Å²) in [7, 11) is 0. The minimum atomic E-state index is 0.0389. The van der Waals surface area contributed by atoms with Crippen molar-refractivity contribution in [3.63, 3.8) is 0 Å². The molecule has 6 heteroatoms. The molecular formula is C16H20N6. The van der Waals surface area contributed by atoms with E-state index in [0.717, 1.165) is 23.9 Å². The minimum absolute atomic E-state index is 0.0389. The quantitative estimate of drug-likeness (QED) is 0.726. The molecule has 22 heavy (non-hydrogen) atoms. The molecular weight excluding hydrogens is 276 g/mol. The van der Waals surface area contributed by atoms with E-state index in [0.29, 0.717) is 0 Å². The Balaban J connectivity index is 2.13. The Kier molecular flexibility index (Phi) is 4.00. The van der Waals surface area contributed by atoms with Gasteiger partial charge in [0, 0.05) is 24.5 Å². The molecule has 0 aliphatic heterocycles. The zero-order chi connectivity index (χ0) is 15.5. The first-order valence-electron chi connectivity index (χ1n) is 7.58. The second kappa shape index (κ2) is 6.09. The zero-order valence-corrected chi connectivity index (χ0v) is 13.1. The summed E-state index contributed by atoms with van der Waals surface area (Å²) in [5.41, 5.74) is 0. The smallest absolute Gasteiger partial charge is 0.159 e. The number of rotatable bonds is 5.